The van der Waals surface area contributed by atoms with E-state index in [4.69, 9.17) is 4.74 Å². The molecule has 25 heavy (non-hydrogen) atoms. The van der Waals surface area contributed by atoms with Crippen molar-refractivity contribution in [3.8, 4) is 0 Å². The van der Waals surface area contributed by atoms with Crippen LogP contribution in [0, 0.1) is 0 Å². The monoisotopic (exact) mass is 330 g/mol. The molecule has 4 nitrogen and oxygen atoms in total. The van der Waals surface area contributed by atoms with Crippen molar-refractivity contribution in [3.63, 3.8) is 0 Å². The molecule has 0 radical (unpaired) electrons. The molecule has 0 amide bonds. The number of rotatable bonds is 5. The Morgan fingerprint density at radius 3 is 2.20 bits per heavy atom. The first kappa shape index (κ1) is 16.6. The summed E-state index contributed by atoms with van der Waals surface area (Å²) in [7, 11) is 0. The fourth-order valence-corrected chi connectivity index (χ4v) is 2.73. The fraction of sp³-hybridized carbons (Fsp3) is 0.143. The van der Waals surface area contributed by atoms with Crippen LogP contribution in [0.4, 0.5) is 0 Å². The molecule has 0 aliphatic heterocycles. The standard InChI is InChI=1S/C21H18N2O2/c22-23-20(18-13-5-2-6-14-18)21(24)25-19(15-16-9-7-8-10-16)17-11-3-1-4-12-17/h1-6,9,11-15H,7-8,10H2/b19-15+. The van der Waals surface area contributed by atoms with Crippen LogP contribution in [0.2, 0.25) is 0 Å². The summed E-state index contributed by atoms with van der Waals surface area (Å²) >= 11 is 0. The molecular formula is C21H18N2O2. The highest BCUT2D eigenvalue weighted by Gasteiger charge is 2.26. The number of ether oxygens (including phenoxy) is 1. The van der Waals surface area contributed by atoms with E-state index in [1.54, 1.807) is 24.3 Å². The van der Waals surface area contributed by atoms with Crippen LogP contribution in [0.3, 0.4) is 0 Å². The van der Waals surface area contributed by atoms with Crippen molar-refractivity contribution < 1.29 is 14.3 Å². The van der Waals surface area contributed by atoms with Crippen LogP contribution in [0.5, 0.6) is 0 Å². The third kappa shape index (κ3) is 4.19. The largest absolute Gasteiger partial charge is 0.427 e. The summed E-state index contributed by atoms with van der Waals surface area (Å²) in [5, 5.41) is 0. The zero-order valence-electron chi connectivity index (χ0n) is 13.8. The number of hydrogen-bond donors (Lipinski definition) is 0. The maximum Gasteiger partial charge on any atom is 0.427 e. The molecule has 4 heteroatoms. The number of carbonyl (C=O) groups is 1. The van der Waals surface area contributed by atoms with Crippen LogP contribution in [0.15, 0.2) is 78.4 Å². The smallest absolute Gasteiger partial charge is 0.417 e. The van der Waals surface area contributed by atoms with Gasteiger partial charge in [0, 0.05) is 5.56 Å². The predicted molar refractivity (Wildman–Crippen MR) is 96.6 cm³/mol. The summed E-state index contributed by atoms with van der Waals surface area (Å²) in [6.45, 7) is 0. The number of carbonyl (C=O) groups excluding carboxylic acids is 1. The minimum atomic E-state index is -0.692. The van der Waals surface area contributed by atoms with E-state index in [2.05, 4.69) is 10.9 Å². The van der Waals surface area contributed by atoms with E-state index in [-0.39, 0.29) is 5.71 Å². The lowest BCUT2D eigenvalue weighted by Crippen LogP contribution is -2.19. The van der Waals surface area contributed by atoms with E-state index in [0.29, 0.717) is 11.3 Å². The molecular weight excluding hydrogens is 312 g/mol. The average Bonchev–Trinajstić information content (AvgIpc) is 3.16. The molecule has 0 bridgehead atoms. The van der Waals surface area contributed by atoms with E-state index >= 15 is 0 Å². The molecule has 0 heterocycles. The van der Waals surface area contributed by atoms with Gasteiger partial charge in [-0.05, 0) is 43.0 Å². The highest BCUT2D eigenvalue weighted by molar-refractivity contribution is 6.41. The van der Waals surface area contributed by atoms with Gasteiger partial charge < -0.3 is 10.3 Å². The maximum absolute atomic E-state index is 12.6. The van der Waals surface area contributed by atoms with Crippen LogP contribution in [0.25, 0.3) is 11.3 Å². The SMILES string of the molecule is [N-]=[N+]=C(C(=O)O/C(=C/C1=CCCC1)c1ccccc1)c1ccccc1. The Morgan fingerprint density at radius 2 is 1.64 bits per heavy atom. The van der Waals surface area contributed by atoms with Gasteiger partial charge in [-0.3, -0.25) is 0 Å². The van der Waals surface area contributed by atoms with Gasteiger partial charge in [0.2, 0.25) is 0 Å². The first-order valence-corrected chi connectivity index (χ1v) is 8.24. The first-order valence-electron chi connectivity index (χ1n) is 8.24. The van der Waals surface area contributed by atoms with Crippen molar-refractivity contribution in [2.24, 2.45) is 0 Å². The second kappa shape index (κ2) is 8.04. The maximum atomic E-state index is 12.6. The van der Waals surface area contributed by atoms with E-state index < -0.39 is 5.97 Å². The normalized spacial score (nSPS) is 13.8. The fourth-order valence-electron chi connectivity index (χ4n) is 2.73. The summed E-state index contributed by atoms with van der Waals surface area (Å²) in [6, 6.07) is 18.2. The lowest BCUT2D eigenvalue weighted by Gasteiger charge is -2.08. The van der Waals surface area contributed by atoms with Crippen LogP contribution in [-0.4, -0.2) is 16.5 Å². The molecule has 1 aliphatic rings. The minimum Gasteiger partial charge on any atom is -0.417 e. The third-order valence-corrected chi connectivity index (χ3v) is 3.99. The van der Waals surface area contributed by atoms with E-state index in [9.17, 15) is 10.3 Å². The number of hydrogen-bond acceptors (Lipinski definition) is 2. The Hall–Kier alpha value is -3.23. The molecule has 0 unspecified atom stereocenters. The van der Waals surface area contributed by atoms with Gasteiger partial charge in [0.15, 0.2) is 0 Å². The van der Waals surface area contributed by atoms with Gasteiger partial charge in [-0.15, -0.1) is 0 Å². The quantitative estimate of drug-likeness (QED) is 0.268. The van der Waals surface area contributed by atoms with E-state index in [1.807, 2.05) is 42.5 Å². The molecule has 2 aromatic carbocycles. The number of nitrogens with zero attached hydrogens (tertiary/aromatic N) is 2. The van der Waals surface area contributed by atoms with E-state index in [1.165, 1.54) is 0 Å². The molecule has 124 valence electrons. The Balaban J connectivity index is 1.90. The number of benzene rings is 2. The Kier molecular flexibility index (Phi) is 5.35. The minimum absolute atomic E-state index is 0.122. The van der Waals surface area contributed by atoms with Crippen molar-refractivity contribution in [3.05, 3.63) is 95.0 Å². The second-order valence-electron chi connectivity index (χ2n) is 5.75. The van der Waals surface area contributed by atoms with Crippen molar-refractivity contribution in [2.75, 3.05) is 0 Å². The molecule has 0 atom stereocenters. The first-order chi connectivity index (χ1) is 12.3. The summed E-state index contributed by atoms with van der Waals surface area (Å²) in [4.78, 5) is 15.7. The summed E-state index contributed by atoms with van der Waals surface area (Å²) < 4.78 is 5.60. The van der Waals surface area contributed by atoms with Gasteiger partial charge in [-0.1, -0.05) is 54.6 Å². The van der Waals surface area contributed by atoms with Gasteiger partial charge in [0.1, 0.15) is 5.76 Å². The Bertz CT molecular complexity index is 861. The van der Waals surface area contributed by atoms with Gasteiger partial charge in [-0.25, -0.2) is 4.79 Å². The zero-order chi connectivity index (χ0) is 17.5. The third-order valence-electron chi connectivity index (χ3n) is 3.99. The van der Waals surface area contributed by atoms with Crippen molar-refractivity contribution >= 4 is 17.4 Å². The second-order valence-corrected chi connectivity index (χ2v) is 5.75. The van der Waals surface area contributed by atoms with Crippen LogP contribution in [0.1, 0.15) is 30.4 Å². The van der Waals surface area contributed by atoms with E-state index in [0.717, 1.165) is 30.4 Å². The number of esters is 1. The molecule has 1 aliphatic carbocycles. The molecule has 0 N–H and O–H groups in total. The Morgan fingerprint density at radius 1 is 1.00 bits per heavy atom. The highest BCUT2D eigenvalue weighted by Crippen LogP contribution is 2.25. The summed E-state index contributed by atoms with van der Waals surface area (Å²) in [6.07, 6.45) is 7.15. The molecule has 2 aromatic rings. The lowest BCUT2D eigenvalue weighted by atomic mass is 10.1. The summed E-state index contributed by atoms with van der Waals surface area (Å²) in [5.41, 5.74) is 11.6. The average molecular weight is 330 g/mol. The highest BCUT2D eigenvalue weighted by atomic mass is 16.5. The molecule has 0 saturated carbocycles. The van der Waals surface area contributed by atoms with Crippen molar-refractivity contribution in [1.82, 2.24) is 0 Å². The molecule has 0 spiro atoms. The molecule has 3 rings (SSSR count). The van der Waals surface area contributed by atoms with Gasteiger partial charge in [0.25, 0.3) is 0 Å². The van der Waals surface area contributed by atoms with Crippen molar-refractivity contribution in [2.45, 2.75) is 19.3 Å². The molecule has 0 saturated heterocycles. The molecule has 0 aromatic heterocycles. The molecule has 0 fully saturated rings. The van der Waals surface area contributed by atoms with Crippen molar-refractivity contribution in [1.29, 1.82) is 0 Å². The van der Waals surface area contributed by atoms with Gasteiger partial charge in [0.05, 0.1) is 5.56 Å². The Labute approximate surface area is 146 Å². The van der Waals surface area contributed by atoms with Crippen LogP contribution >= 0.6 is 0 Å². The zero-order valence-corrected chi connectivity index (χ0v) is 13.8. The summed E-state index contributed by atoms with van der Waals surface area (Å²) in [5.74, 6) is -0.238. The lowest BCUT2D eigenvalue weighted by molar-refractivity contribution is -0.133. The number of allylic oxidation sites excluding steroid dienone is 3. The van der Waals surface area contributed by atoms with Gasteiger partial charge in [-0.2, -0.15) is 4.79 Å². The predicted octanol–water partition coefficient (Wildman–Crippen LogP) is 4.40. The van der Waals surface area contributed by atoms with Gasteiger partial charge >= 0.3 is 11.7 Å². The van der Waals surface area contributed by atoms with Crippen LogP contribution in [-0.2, 0) is 9.53 Å². The van der Waals surface area contributed by atoms with Crippen LogP contribution < -0.4 is 0 Å². The topological polar surface area (TPSA) is 62.7 Å².